The van der Waals surface area contributed by atoms with Crippen LogP contribution in [0.4, 0.5) is 5.69 Å². The van der Waals surface area contributed by atoms with Gasteiger partial charge in [0.1, 0.15) is 6.61 Å². The average molecular weight is 427 g/mol. The number of ether oxygens (including phenoxy) is 2. The number of aryl methyl sites for hydroxylation is 1. The topological polar surface area (TPSA) is 95.7 Å². The third-order valence-corrected chi connectivity index (χ3v) is 4.94. The number of carbonyl (C=O) groups is 2. The molecule has 0 fully saturated rings. The fourth-order valence-electron chi connectivity index (χ4n) is 3.13. The molecule has 0 spiro atoms. The highest BCUT2D eigenvalue weighted by molar-refractivity contribution is 6.03. The third kappa shape index (κ3) is 7.51. The second-order valence-electron chi connectivity index (χ2n) is 7.40. The number of nitro benzene ring substituents is 1. The van der Waals surface area contributed by atoms with E-state index in [4.69, 9.17) is 9.47 Å². The Morgan fingerprint density at radius 1 is 0.903 bits per heavy atom. The molecule has 2 aromatic rings. The minimum absolute atomic E-state index is 0.0350. The molecule has 0 saturated heterocycles. The first-order valence-electron chi connectivity index (χ1n) is 10.6. The van der Waals surface area contributed by atoms with Crippen molar-refractivity contribution in [1.82, 2.24) is 0 Å². The molecule has 0 amide bonds. The maximum absolute atomic E-state index is 12.5. The number of hydrogen-bond donors (Lipinski definition) is 0. The van der Waals surface area contributed by atoms with Crippen LogP contribution in [0, 0.1) is 17.0 Å². The summed E-state index contributed by atoms with van der Waals surface area (Å²) in [4.78, 5) is 35.6. The predicted octanol–water partition coefficient (Wildman–Crippen LogP) is 5.78. The number of nitrogens with zero attached hydrogens (tertiary/aromatic N) is 1. The van der Waals surface area contributed by atoms with Gasteiger partial charge in [0.05, 0.1) is 22.7 Å². The van der Waals surface area contributed by atoms with Gasteiger partial charge in [0.15, 0.2) is 0 Å². The summed E-state index contributed by atoms with van der Waals surface area (Å²) in [7, 11) is 0. The van der Waals surface area contributed by atoms with Crippen LogP contribution in [0.5, 0.6) is 0 Å². The second-order valence-corrected chi connectivity index (χ2v) is 7.40. The standard InChI is InChI=1S/C24H29NO6/c1-3-4-5-6-7-10-15-30-23(26)20-11-8-9-12-21(20)24(27)31-17-19-14-13-18(2)22(16-19)25(28)29/h8-9,11-14,16H,3-7,10,15,17H2,1-2H3. The van der Waals surface area contributed by atoms with E-state index in [0.717, 1.165) is 19.3 Å². The molecule has 0 atom stereocenters. The first kappa shape index (κ1) is 24.1. The van der Waals surface area contributed by atoms with E-state index in [1.165, 1.54) is 37.5 Å². The summed E-state index contributed by atoms with van der Waals surface area (Å²) in [6.45, 7) is 3.97. The van der Waals surface area contributed by atoms with Crippen molar-refractivity contribution in [2.45, 2.75) is 59.0 Å². The summed E-state index contributed by atoms with van der Waals surface area (Å²) < 4.78 is 10.6. The van der Waals surface area contributed by atoms with Gasteiger partial charge in [-0.15, -0.1) is 0 Å². The van der Waals surface area contributed by atoms with Crippen molar-refractivity contribution in [2.24, 2.45) is 0 Å². The molecule has 0 aliphatic heterocycles. The normalized spacial score (nSPS) is 10.5. The van der Waals surface area contributed by atoms with Crippen LogP contribution in [0.3, 0.4) is 0 Å². The van der Waals surface area contributed by atoms with Gasteiger partial charge in [-0.2, -0.15) is 0 Å². The SMILES string of the molecule is CCCCCCCCOC(=O)c1ccccc1C(=O)OCc1ccc(C)c([N+](=O)[O-])c1. The molecule has 31 heavy (non-hydrogen) atoms. The third-order valence-electron chi connectivity index (χ3n) is 4.94. The predicted molar refractivity (Wildman–Crippen MR) is 117 cm³/mol. The zero-order chi connectivity index (χ0) is 22.6. The van der Waals surface area contributed by atoms with Gasteiger partial charge in [0.25, 0.3) is 5.69 Å². The lowest BCUT2D eigenvalue weighted by atomic mass is 10.1. The lowest BCUT2D eigenvalue weighted by Gasteiger charge is -2.10. The monoisotopic (exact) mass is 427 g/mol. The number of hydrogen-bond acceptors (Lipinski definition) is 6. The summed E-state index contributed by atoms with van der Waals surface area (Å²) in [6.07, 6.45) is 6.48. The van der Waals surface area contributed by atoms with Crippen molar-refractivity contribution in [2.75, 3.05) is 6.61 Å². The van der Waals surface area contributed by atoms with Gasteiger partial charge in [0, 0.05) is 11.6 Å². The molecule has 7 nitrogen and oxygen atoms in total. The molecule has 0 aliphatic rings. The molecule has 0 bridgehead atoms. The van der Waals surface area contributed by atoms with Crippen LogP contribution in [0.15, 0.2) is 42.5 Å². The maximum Gasteiger partial charge on any atom is 0.339 e. The number of nitro groups is 1. The van der Waals surface area contributed by atoms with E-state index in [9.17, 15) is 19.7 Å². The summed E-state index contributed by atoms with van der Waals surface area (Å²) in [5, 5.41) is 11.1. The molecule has 0 N–H and O–H groups in total. The van der Waals surface area contributed by atoms with E-state index in [-0.39, 0.29) is 23.4 Å². The van der Waals surface area contributed by atoms with Gasteiger partial charge in [0.2, 0.25) is 0 Å². The largest absolute Gasteiger partial charge is 0.462 e. The molecular weight excluding hydrogens is 398 g/mol. The smallest absolute Gasteiger partial charge is 0.339 e. The van der Waals surface area contributed by atoms with Gasteiger partial charge in [-0.3, -0.25) is 10.1 Å². The van der Waals surface area contributed by atoms with Crippen LogP contribution in [-0.4, -0.2) is 23.5 Å². The number of esters is 2. The highest BCUT2D eigenvalue weighted by atomic mass is 16.6. The Balaban J connectivity index is 1.93. The van der Waals surface area contributed by atoms with Crippen LogP contribution in [0.2, 0.25) is 0 Å². The highest BCUT2D eigenvalue weighted by Gasteiger charge is 2.19. The van der Waals surface area contributed by atoms with Crippen LogP contribution < -0.4 is 0 Å². The highest BCUT2D eigenvalue weighted by Crippen LogP contribution is 2.20. The lowest BCUT2D eigenvalue weighted by molar-refractivity contribution is -0.385. The van der Waals surface area contributed by atoms with Crippen LogP contribution in [0.25, 0.3) is 0 Å². The van der Waals surface area contributed by atoms with Gasteiger partial charge in [-0.25, -0.2) is 9.59 Å². The summed E-state index contributed by atoms with van der Waals surface area (Å²) >= 11 is 0. The first-order chi connectivity index (χ1) is 14.9. The molecule has 0 unspecified atom stereocenters. The zero-order valence-corrected chi connectivity index (χ0v) is 18.1. The minimum Gasteiger partial charge on any atom is -0.462 e. The quantitative estimate of drug-likeness (QED) is 0.184. The Bertz CT molecular complexity index is 909. The number of benzene rings is 2. The van der Waals surface area contributed by atoms with E-state index in [2.05, 4.69) is 6.92 Å². The van der Waals surface area contributed by atoms with Crippen molar-refractivity contribution in [3.05, 3.63) is 74.8 Å². The van der Waals surface area contributed by atoms with Gasteiger partial charge >= 0.3 is 11.9 Å². The molecule has 0 heterocycles. The molecule has 0 radical (unpaired) electrons. The maximum atomic E-state index is 12.5. The van der Waals surface area contributed by atoms with Crippen LogP contribution >= 0.6 is 0 Å². The van der Waals surface area contributed by atoms with Crippen molar-refractivity contribution < 1.29 is 24.0 Å². The lowest BCUT2D eigenvalue weighted by Crippen LogP contribution is -2.14. The Kier molecular flexibility index (Phi) is 9.68. The number of carbonyl (C=O) groups excluding carboxylic acids is 2. The van der Waals surface area contributed by atoms with Crippen molar-refractivity contribution in [3.63, 3.8) is 0 Å². The first-order valence-corrected chi connectivity index (χ1v) is 10.6. The Morgan fingerprint density at radius 2 is 1.52 bits per heavy atom. The molecule has 0 saturated carbocycles. The van der Waals surface area contributed by atoms with E-state index in [0.29, 0.717) is 17.7 Å². The summed E-state index contributed by atoms with van der Waals surface area (Å²) in [6, 6.07) is 11.0. The number of unbranched alkanes of at least 4 members (excludes halogenated alkanes) is 5. The van der Waals surface area contributed by atoms with E-state index in [1.54, 1.807) is 31.2 Å². The fourth-order valence-corrected chi connectivity index (χ4v) is 3.13. The molecule has 2 rings (SSSR count). The average Bonchev–Trinajstić information content (AvgIpc) is 2.77. The van der Waals surface area contributed by atoms with Crippen molar-refractivity contribution in [3.8, 4) is 0 Å². The van der Waals surface area contributed by atoms with E-state index in [1.807, 2.05) is 0 Å². The summed E-state index contributed by atoms with van der Waals surface area (Å²) in [5.41, 5.74) is 1.24. The Morgan fingerprint density at radius 3 is 2.16 bits per heavy atom. The second kappa shape index (κ2) is 12.5. The summed E-state index contributed by atoms with van der Waals surface area (Å²) in [5.74, 6) is -1.25. The van der Waals surface area contributed by atoms with Crippen LogP contribution in [0.1, 0.15) is 77.3 Å². The molecule has 166 valence electrons. The molecular formula is C24H29NO6. The van der Waals surface area contributed by atoms with Crippen LogP contribution in [-0.2, 0) is 16.1 Å². The molecule has 0 aromatic heterocycles. The van der Waals surface area contributed by atoms with Crippen molar-refractivity contribution in [1.29, 1.82) is 0 Å². The van der Waals surface area contributed by atoms with E-state index >= 15 is 0 Å². The van der Waals surface area contributed by atoms with E-state index < -0.39 is 16.9 Å². The Labute approximate surface area is 182 Å². The van der Waals surface area contributed by atoms with Gasteiger partial charge in [-0.1, -0.05) is 63.3 Å². The zero-order valence-electron chi connectivity index (χ0n) is 18.1. The van der Waals surface area contributed by atoms with Crippen molar-refractivity contribution >= 4 is 17.6 Å². The molecule has 0 aliphatic carbocycles. The van der Waals surface area contributed by atoms with Gasteiger partial charge in [-0.05, 0) is 31.0 Å². The Hall–Kier alpha value is -3.22. The number of rotatable bonds is 12. The minimum atomic E-state index is -0.685. The van der Waals surface area contributed by atoms with Gasteiger partial charge < -0.3 is 9.47 Å². The molecule has 7 heteroatoms. The molecule has 2 aromatic carbocycles. The fraction of sp³-hybridized carbons (Fsp3) is 0.417.